The second-order valence-corrected chi connectivity index (χ2v) is 8.92. The standard InChI is InChI=1S/C18H22N2O3S2/c1-11(2)6-14-7-15-18(25-14)24-10-17(22)20(15)9-16(21)19-8-13-5-4-12(3)23-13/h4-5,7,11H,6,8-10H2,1-3H3,(H,19,21). The number of hydrogen-bond acceptors (Lipinski definition) is 5. The van der Waals surface area contributed by atoms with E-state index in [4.69, 9.17) is 4.42 Å². The Hall–Kier alpha value is -1.73. The van der Waals surface area contributed by atoms with Gasteiger partial charge in [-0.15, -0.1) is 23.1 Å². The molecule has 1 N–H and O–H groups in total. The molecule has 0 radical (unpaired) electrons. The predicted octanol–water partition coefficient (Wildman–Crippen LogP) is 3.60. The quantitative estimate of drug-likeness (QED) is 0.834. The maximum absolute atomic E-state index is 12.3. The van der Waals surface area contributed by atoms with Crippen molar-refractivity contribution >= 4 is 40.6 Å². The van der Waals surface area contributed by atoms with E-state index in [2.05, 4.69) is 25.2 Å². The largest absolute Gasteiger partial charge is 0.465 e. The first kappa shape index (κ1) is 18.1. The zero-order valence-corrected chi connectivity index (χ0v) is 16.3. The molecule has 0 aliphatic carbocycles. The van der Waals surface area contributed by atoms with E-state index in [9.17, 15) is 9.59 Å². The van der Waals surface area contributed by atoms with Crippen molar-refractivity contribution in [1.29, 1.82) is 0 Å². The third-order valence-corrected chi connectivity index (χ3v) is 6.22. The van der Waals surface area contributed by atoms with Gasteiger partial charge in [0, 0.05) is 4.88 Å². The molecule has 3 rings (SSSR count). The maximum atomic E-state index is 12.3. The Morgan fingerprint density at radius 3 is 2.88 bits per heavy atom. The van der Waals surface area contributed by atoms with Crippen LogP contribution in [0.1, 0.15) is 30.2 Å². The minimum atomic E-state index is -0.183. The lowest BCUT2D eigenvalue weighted by atomic mass is 10.1. The zero-order chi connectivity index (χ0) is 18.0. The van der Waals surface area contributed by atoms with Crippen molar-refractivity contribution in [2.45, 2.75) is 37.9 Å². The fraction of sp³-hybridized carbons (Fsp3) is 0.444. The van der Waals surface area contributed by atoms with E-state index >= 15 is 0 Å². The van der Waals surface area contributed by atoms with Gasteiger partial charge in [-0.3, -0.25) is 9.59 Å². The number of rotatable bonds is 6. The van der Waals surface area contributed by atoms with Gasteiger partial charge in [0.1, 0.15) is 18.1 Å². The van der Waals surface area contributed by atoms with Crippen molar-refractivity contribution in [1.82, 2.24) is 5.32 Å². The summed E-state index contributed by atoms with van der Waals surface area (Å²) >= 11 is 3.30. The summed E-state index contributed by atoms with van der Waals surface area (Å²) in [6.45, 7) is 6.60. The summed E-state index contributed by atoms with van der Waals surface area (Å²) in [4.78, 5) is 27.5. The average Bonchev–Trinajstić information content (AvgIpc) is 3.13. The molecule has 5 nitrogen and oxygen atoms in total. The van der Waals surface area contributed by atoms with Gasteiger partial charge >= 0.3 is 0 Å². The SMILES string of the molecule is Cc1ccc(CNC(=O)CN2C(=O)CSc3sc(CC(C)C)cc32)o1. The molecule has 2 amide bonds. The van der Waals surface area contributed by atoms with Gasteiger partial charge in [0.2, 0.25) is 11.8 Å². The molecule has 0 bridgehead atoms. The summed E-state index contributed by atoms with van der Waals surface area (Å²) < 4.78 is 6.57. The molecule has 0 saturated carbocycles. The molecule has 2 aromatic heterocycles. The average molecular weight is 379 g/mol. The summed E-state index contributed by atoms with van der Waals surface area (Å²) in [5.74, 6) is 2.27. The highest BCUT2D eigenvalue weighted by atomic mass is 32.2. The van der Waals surface area contributed by atoms with Gasteiger partial charge in [-0.05, 0) is 37.5 Å². The normalized spacial score (nSPS) is 14.1. The van der Waals surface area contributed by atoms with E-state index in [1.54, 1.807) is 28.0 Å². The van der Waals surface area contributed by atoms with Crippen LogP contribution in [0.2, 0.25) is 0 Å². The molecule has 0 saturated heterocycles. The second kappa shape index (κ2) is 7.66. The highest BCUT2D eigenvalue weighted by molar-refractivity contribution is 8.02. The van der Waals surface area contributed by atoms with Crippen LogP contribution >= 0.6 is 23.1 Å². The van der Waals surface area contributed by atoms with Gasteiger partial charge < -0.3 is 14.6 Å². The summed E-state index contributed by atoms with van der Waals surface area (Å²) in [7, 11) is 0. The van der Waals surface area contributed by atoms with Crippen molar-refractivity contribution in [3.05, 3.63) is 34.6 Å². The van der Waals surface area contributed by atoms with E-state index in [-0.39, 0.29) is 18.4 Å². The van der Waals surface area contributed by atoms with E-state index in [1.165, 1.54) is 4.88 Å². The Morgan fingerprint density at radius 1 is 1.40 bits per heavy atom. The summed E-state index contributed by atoms with van der Waals surface area (Å²) in [5.41, 5.74) is 0.880. The first-order valence-corrected chi connectivity index (χ1v) is 10.1. The monoisotopic (exact) mass is 378 g/mol. The predicted molar refractivity (Wildman–Crippen MR) is 101 cm³/mol. The zero-order valence-electron chi connectivity index (χ0n) is 14.6. The number of anilines is 1. The molecule has 0 spiro atoms. The molecular formula is C18H22N2O3S2. The molecule has 1 aliphatic rings. The molecule has 1 aliphatic heterocycles. The lowest BCUT2D eigenvalue weighted by Crippen LogP contribution is -2.42. The van der Waals surface area contributed by atoms with Gasteiger partial charge in [0.15, 0.2) is 0 Å². The van der Waals surface area contributed by atoms with Crippen molar-refractivity contribution in [2.75, 3.05) is 17.2 Å². The first-order valence-electron chi connectivity index (χ1n) is 8.30. The molecule has 0 fully saturated rings. The third-order valence-electron chi connectivity index (χ3n) is 3.82. The molecular weight excluding hydrogens is 356 g/mol. The number of carbonyl (C=O) groups is 2. The van der Waals surface area contributed by atoms with Crippen LogP contribution in [0.15, 0.2) is 26.8 Å². The highest BCUT2D eigenvalue weighted by Crippen LogP contribution is 2.42. The topological polar surface area (TPSA) is 62.6 Å². The highest BCUT2D eigenvalue weighted by Gasteiger charge is 2.28. The Morgan fingerprint density at radius 2 is 2.20 bits per heavy atom. The number of fused-ring (bicyclic) bond motifs is 1. The number of nitrogens with one attached hydrogen (secondary N) is 1. The second-order valence-electron chi connectivity index (χ2n) is 6.54. The van der Waals surface area contributed by atoms with Gasteiger partial charge in [-0.2, -0.15) is 0 Å². The van der Waals surface area contributed by atoms with E-state index in [1.807, 2.05) is 19.1 Å². The van der Waals surface area contributed by atoms with Crippen LogP contribution in [-0.2, 0) is 22.6 Å². The number of furan rings is 1. The van der Waals surface area contributed by atoms with Crippen LogP contribution in [0, 0.1) is 12.8 Å². The number of thiophene rings is 1. The number of amides is 2. The van der Waals surface area contributed by atoms with Gasteiger partial charge in [-0.25, -0.2) is 0 Å². The van der Waals surface area contributed by atoms with Crippen LogP contribution in [-0.4, -0.2) is 24.1 Å². The fourth-order valence-electron chi connectivity index (χ4n) is 2.68. The maximum Gasteiger partial charge on any atom is 0.240 e. The van der Waals surface area contributed by atoms with E-state index in [0.717, 1.165) is 22.1 Å². The van der Waals surface area contributed by atoms with Crippen LogP contribution in [0.4, 0.5) is 5.69 Å². The first-order chi connectivity index (χ1) is 11.9. The number of hydrogen-bond donors (Lipinski definition) is 1. The lowest BCUT2D eigenvalue weighted by molar-refractivity contribution is -0.123. The van der Waals surface area contributed by atoms with Crippen molar-refractivity contribution in [2.24, 2.45) is 5.92 Å². The minimum Gasteiger partial charge on any atom is -0.465 e. The van der Waals surface area contributed by atoms with Crippen LogP contribution in [0.5, 0.6) is 0 Å². The van der Waals surface area contributed by atoms with Crippen molar-refractivity contribution < 1.29 is 14.0 Å². The number of carbonyl (C=O) groups excluding carboxylic acids is 2. The van der Waals surface area contributed by atoms with Crippen LogP contribution in [0.25, 0.3) is 0 Å². The smallest absolute Gasteiger partial charge is 0.240 e. The van der Waals surface area contributed by atoms with Crippen molar-refractivity contribution in [3.63, 3.8) is 0 Å². The van der Waals surface area contributed by atoms with Crippen LogP contribution in [0.3, 0.4) is 0 Å². The van der Waals surface area contributed by atoms with Gasteiger partial charge in [0.05, 0.1) is 22.2 Å². The lowest BCUT2D eigenvalue weighted by Gasteiger charge is -2.25. The van der Waals surface area contributed by atoms with Gasteiger partial charge in [0.25, 0.3) is 0 Å². The summed E-state index contributed by atoms with van der Waals surface area (Å²) in [5, 5.41) is 2.82. The molecule has 2 aromatic rings. The van der Waals surface area contributed by atoms with E-state index < -0.39 is 0 Å². The number of nitrogens with zero attached hydrogens (tertiary/aromatic N) is 1. The molecule has 0 unspecified atom stereocenters. The molecule has 7 heteroatoms. The molecule has 0 atom stereocenters. The Labute approximate surface area is 155 Å². The van der Waals surface area contributed by atoms with Gasteiger partial charge in [-0.1, -0.05) is 13.8 Å². The Balaban J connectivity index is 1.66. The third kappa shape index (κ3) is 4.46. The molecule has 3 heterocycles. The summed E-state index contributed by atoms with van der Waals surface area (Å²) in [6, 6.07) is 5.77. The van der Waals surface area contributed by atoms with E-state index in [0.29, 0.717) is 24.0 Å². The molecule has 134 valence electrons. The number of aryl methyl sites for hydroxylation is 1. The van der Waals surface area contributed by atoms with Crippen molar-refractivity contribution in [3.8, 4) is 0 Å². The molecule has 25 heavy (non-hydrogen) atoms. The fourth-order valence-corrected chi connectivity index (χ4v) is 5.24. The minimum absolute atomic E-state index is 0.0182. The molecule has 0 aromatic carbocycles. The summed E-state index contributed by atoms with van der Waals surface area (Å²) in [6.07, 6.45) is 0.990. The number of thioether (sulfide) groups is 1. The Kier molecular flexibility index (Phi) is 5.54. The van der Waals surface area contributed by atoms with Crippen LogP contribution < -0.4 is 10.2 Å². The Bertz CT molecular complexity index is 779.